The summed E-state index contributed by atoms with van der Waals surface area (Å²) in [5, 5.41) is 12.3. The summed E-state index contributed by atoms with van der Waals surface area (Å²) in [5.74, 6) is 3.31. The predicted octanol–water partition coefficient (Wildman–Crippen LogP) is 3.40. The maximum absolute atomic E-state index is 12.9. The largest absolute Gasteiger partial charge is 0.494 e. The van der Waals surface area contributed by atoms with Crippen LogP contribution in [0.1, 0.15) is 20.8 Å². The van der Waals surface area contributed by atoms with Crippen molar-refractivity contribution in [3.63, 3.8) is 0 Å². The number of rotatable bonds is 4. The Balaban J connectivity index is 1.23. The van der Waals surface area contributed by atoms with E-state index in [0.29, 0.717) is 30.3 Å². The molecule has 0 saturated heterocycles. The van der Waals surface area contributed by atoms with Gasteiger partial charge >= 0.3 is 0 Å². The summed E-state index contributed by atoms with van der Waals surface area (Å²) < 4.78 is 18.9. The summed E-state index contributed by atoms with van der Waals surface area (Å²) in [6.45, 7) is 8.51. The van der Waals surface area contributed by atoms with Gasteiger partial charge in [0, 0.05) is 29.6 Å². The molecule has 3 aliphatic heterocycles. The Morgan fingerprint density at radius 3 is 3.00 bits per heavy atom. The van der Waals surface area contributed by atoms with Crippen LogP contribution in [0, 0.1) is 11.3 Å². The minimum absolute atomic E-state index is 0.112. The molecule has 1 N–H and O–H groups in total. The molecule has 1 aromatic carbocycles. The Bertz CT molecular complexity index is 1210. The second-order valence-electron chi connectivity index (χ2n) is 8.96. The van der Waals surface area contributed by atoms with Gasteiger partial charge in [0.05, 0.1) is 17.5 Å². The van der Waals surface area contributed by atoms with Gasteiger partial charge in [0.2, 0.25) is 18.6 Å². The molecule has 0 fully saturated rings. The average molecular weight is 468 g/mol. The highest BCUT2D eigenvalue weighted by atomic mass is 32.2. The number of hydrogen-bond acceptors (Lipinski definition) is 8. The third kappa shape index (κ3) is 3.26. The lowest BCUT2D eigenvalue weighted by Crippen LogP contribution is -2.48. The number of nitrogens with one attached hydrogen (secondary N) is 1. The number of hydrogen-bond donors (Lipinski definition) is 1. The van der Waals surface area contributed by atoms with Crippen molar-refractivity contribution in [2.24, 2.45) is 11.3 Å². The summed E-state index contributed by atoms with van der Waals surface area (Å²) in [6, 6.07) is 5.38. The molecule has 2 aromatic rings. The number of benzene rings is 1. The fourth-order valence-electron chi connectivity index (χ4n) is 4.81. The highest BCUT2D eigenvalue weighted by molar-refractivity contribution is 8.00. The lowest BCUT2D eigenvalue weighted by atomic mass is 9.77. The molecule has 6 rings (SSSR count). The van der Waals surface area contributed by atoms with Crippen LogP contribution in [0.5, 0.6) is 11.5 Å². The zero-order valence-electron chi connectivity index (χ0n) is 18.7. The van der Waals surface area contributed by atoms with E-state index in [4.69, 9.17) is 14.2 Å². The van der Waals surface area contributed by atoms with Crippen LogP contribution in [0.25, 0.3) is 0 Å². The Kier molecular flexibility index (Phi) is 4.62. The smallest absolute Gasteiger partial charge is 0.237 e. The Morgan fingerprint density at radius 2 is 2.12 bits per heavy atom. The maximum atomic E-state index is 12.9. The lowest BCUT2D eigenvalue weighted by Gasteiger charge is -2.47. The van der Waals surface area contributed by atoms with Gasteiger partial charge in [-0.25, -0.2) is 0 Å². The van der Waals surface area contributed by atoms with Crippen LogP contribution in [0.15, 0.2) is 47.0 Å². The van der Waals surface area contributed by atoms with Crippen LogP contribution in [0.4, 0.5) is 11.6 Å². The van der Waals surface area contributed by atoms with E-state index >= 15 is 0 Å². The number of nitrogens with zero attached hydrogens (tertiary/aromatic N) is 4. The minimum atomic E-state index is -0.365. The van der Waals surface area contributed by atoms with E-state index in [1.54, 1.807) is 12.1 Å². The summed E-state index contributed by atoms with van der Waals surface area (Å²) in [6.07, 6.45) is 4.48. The molecule has 0 bridgehead atoms. The summed E-state index contributed by atoms with van der Waals surface area (Å²) in [7, 11) is 0. The van der Waals surface area contributed by atoms with Gasteiger partial charge in [0.15, 0.2) is 16.7 Å². The maximum Gasteiger partial charge on any atom is 0.237 e. The van der Waals surface area contributed by atoms with Gasteiger partial charge in [-0.3, -0.25) is 9.36 Å². The number of thioether (sulfide) groups is 1. The van der Waals surface area contributed by atoms with Gasteiger partial charge in [0.1, 0.15) is 12.4 Å². The quantitative estimate of drug-likeness (QED) is 0.541. The van der Waals surface area contributed by atoms with Gasteiger partial charge in [-0.05, 0) is 26.0 Å². The summed E-state index contributed by atoms with van der Waals surface area (Å²) in [5.41, 5.74) is 1.66. The predicted molar refractivity (Wildman–Crippen MR) is 123 cm³/mol. The van der Waals surface area contributed by atoms with E-state index in [2.05, 4.69) is 51.0 Å². The number of allylic oxidation sites excluding steroid dienone is 2. The molecule has 0 radical (unpaired) electrons. The number of carbonyl (C=O) groups excluding carboxylic acids is 1. The number of aromatic nitrogens is 3. The molecule has 3 atom stereocenters. The second kappa shape index (κ2) is 7.44. The molecule has 4 heterocycles. The van der Waals surface area contributed by atoms with Crippen molar-refractivity contribution in [1.82, 2.24) is 14.8 Å². The molecule has 1 aromatic heterocycles. The van der Waals surface area contributed by atoms with Crippen molar-refractivity contribution >= 4 is 29.3 Å². The Morgan fingerprint density at radius 1 is 1.27 bits per heavy atom. The van der Waals surface area contributed by atoms with Crippen molar-refractivity contribution < 1.29 is 19.0 Å². The van der Waals surface area contributed by atoms with Gasteiger partial charge < -0.3 is 24.4 Å². The summed E-state index contributed by atoms with van der Waals surface area (Å²) in [4.78, 5) is 15.1. The van der Waals surface area contributed by atoms with Crippen LogP contribution in [-0.4, -0.2) is 45.9 Å². The molecule has 33 heavy (non-hydrogen) atoms. The van der Waals surface area contributed by atoms with E-state index in [9.17, 15) is 4.79 Å². The molecule has 10 heteroatoms. The number of amides is 1. The third-order valence-corrected chi connectivity index (χ3v) is 7.58. The first-order chi connectivity index (χ1) is 15.9. The zero-order chi connectivity index (χ0) is 22.7. The van der Waals surface area contributed by atoms with Crippen molar-refractivity contribution in [1.29, 1.82) is 0 Å². The van der Waals surface area contributed by atoms with E-state index in [-0.39, 0.29) is 29.3 Å². The highest BCUT2D eigenvalue weighted by Gasteiger charge is 2.46. The fraction of sp³-hybridized carbons (Fsp3) is 0.435. The molecule has 0 saturated carbocycles. The number of anilines is 2. The summed E-state index contributed by atoms with van der Waals surface area (Å²) >= 11 is 1.41. The Hall–Kier alpha value is -3.14. The number of carbonyl (C=O) groups is 1. The molecule has 4 aliphatic rings. The van der Waals surface area contributed by atoms with Crippen molar-refractivity contribution in [3.8, 4) is 11.5 Å². The van der Waals surface area contributed by atoms with Crippen molar-refractivity contribution in [2.75, 3.05) is 30.2 Å². The van der Waals surface area contributed by atoms with Crippen molar-refractivity contribution in [3.05, 3.63) is 41.8 Å². The molecule has 0 spiro atoms. The molecule has 172 valence electrons. The Labute approximate surface area is 195 Å². The first-order valence-corrected chi connectivity index (χ1v) is 12.0. The van der Waals surface area contributed by atoms with Gasteiger partial charge in [-0.1, -0.05) is 30.8 Å². The first-order valence-electron chi connectivity index (χ1n) is 11.1. The number of fused-ring (bicyclic) bond motifs is 3. The van der Waals surface area contributed by atoms with Crippen LogP contribution < -0.4 is 19.7 Å². The number of ether oxygens (including phenoxy) is 3. The standard InChI is InChI=1S/C23H25N5O4S/c1-13-6-7-23(3)11-28-21(27-8-9-30-18(13)19(23)27)25-26-22(28)33-14(2)20(29)24-15-4-5-16-17(10-15)32-12-31-16/h4-7,10,13-14H,8-9,11-12H2,1-3H3,(H,24,29). The molecular weight excluding hydrogens is 442 g/mol. The second-order valence-corrected chi connectivity index (χ2v) is 10.3. The molecule has 3 unspecified atom stereocenters. The van der Waals surface area contributed by atoms with Crippen LogP contribution >= 0.6 is 11.8 Å². The molecule has 9 nitrogen and oxygen atoms in total. The SMILES string of the molecule is CC1C=CC2(C)Cn3c(SC(C)C(=O)Nc4ccc5c(c4)OCO5)nnc3N3CCOC1=C32. The van der Waals surface area contributed by atoms with E-state index in [1.807, 2.05) is 13.0 Å². The van der Waals surface area contributed by atoms with E-state index in [1.165, 1.54) is 17.5 Å². The molecular formula is C23H25N5O4S. The van der Waals surface area contributed by atoms with Crippen molar-refractivity contribution in [2.45, 2.75) is 37.7 Å². The van der Waals surface area contributed by atoms with E-state index in [0.717, 1.165) is 23.4 Å². The van der Waals surface area contributed by atoms with Crippen LogP contribution in [-0.2, 0) is 16.1 Å². The van der Waals surface area contributed by atoms with Crippen LogP contribution in [0.3, 0.4) is 0 Å². The fourth-order valence-corrected chi connectivity index (χ4v) is 5.66. The average Bonchev–Trinajstić information content (AvgIpc) is 3.43. The first kappa shape index (κ1) is 20.5. The normalized spacial score (nSPS) is 25.3. The molecule has 1 amide bonds. The van der Waals surface area contributed by atoms with Gasteiger partial charge in [-0.2, -0.15) is 0 Å². The lowest BCUT2D eigenvalue weighted by molar-refractivity contribution is -0.115. The minimum Gasteiger partial charge on any atom is -0.494 e. The highest BCUT2D eigenvalue weighted by Crippen LogP contribution is 2.49. The monoisotopic (exact) mass is 467 g/mol. The zero-order valence-corrected chi connectivity index (χ0v) is 19.5. The van der Waals surface area contributed by atoms with E-state index < -0.39 is 0 Å². The van der Waals surface area contributed by atoms with Crippen LogP contribution in [0.2, 0.25) is 0 Å². The molecule has 1 aliphatic carbocycles. The topological polar surface area (TPSA) is 90.7 Å². The van der Waals surface area contributed by atoms with Gasteiger partial charge in [-0.15, -0.1) is 10.2 Å². The third-order valence-electron chi connectivity index (χ3n) is 6.50. The van der Waals surface area contributed by atoms with Gasteiger partial charge in [0.25, 0.3) is 0 Å².